The van der Waals surface area contributed by atoms with Gasteiger partial charge < -0.3 is 0 Å². The second-order valence-electron chi connectivity index (χ2n) is 4.21. The van der Waals surface area contributed by atoms with Gasteiger partial charge in [0, 0.05) is 5.41 Å². The largest absolute Gasteiger partial charge is 0.298 e. The van der Waals surface area contributed by atoms with Gasteiger partial charge in [-0.25, -0.2) is 4.98 Å². The SMILES string of the molecule is CC(C(=O)C(C)(C)C)c1ncn[nH]1. The van der Waals surface area contributed by atoms with E-state index in [2.05, 4.69) is 15.2 Å². The summed E-state index contributed by atoms with van der Waals surface area (Å²) < 4.78 is 0. The van der Waals surface area contributed by atoms with E-state index in [-0.39, 0.29) is 17.1 Å². The number of hydrogen-bond donors (Lipinski definition) is 1. The molecule has 1 aromatic heterocycles. The highest BCUT2D eigenvalue weighted by molar-refractivity contribution is 5.88. The monoisotopic (exact) mass is 181 g/mol. The number of carbonyl (C=O) groups is 1. The van der Waals surface area contributed by atoms with Crippen LogP contribution in [0.3, 0.4) is 0 Å². The molecule has 0 aliphatic rings. The number of rotatable bonds is 2. The van der Waals surface area contributed by atoms with Gasteiger partial charge in [0.15, 0.2) is 0 Å². The van der Waals surface area contributed by atoms with E-state index < -0.39 is 0 Å². The summed E-state index contributed by atoms with van der Waals surface area (Å²) in [6.07, 6.45) is 1.42. The minimum atomic E-state index is -0.327. The Morgan fingerprint density at radius 1 is 1.54 bits per heavy atom. The fraction of sp³-hybridized carbons (Fsp3) is 0.667. The van der Waals surface area contributed by atoms with Crippen LogP contribution in [0.1, 0.15) is 39.4 Å². The van der Waals surface area contributed by atoms with Crippen LogP contribution in [0.15, 0.2) is 6.33 Å². The lowest BCUT2D eigenvalue weighted by molar-refractivity contribution is -0.127. The van der Waals surface area contributed by atoms with E-state index in [1.807, 2.05) is 27.7 Å². The first-order chi connectivity index (χ1) is 5.93. The molecule has 0 aliphatic carbocycles. The van der Waals surface area contributed by atoms with Gasteiger partial charge in [-0.2, -0.15) is 5.10 Å². The maximum atomic E-state index is 11.8. The smallest absolute Gasteiger partial charge is 0.148 e. The fourth-order valence-electron chi connectivity index (χ4n) is 1.20. The Morgan fingerprint density at radius 2 is 2.15 bits per heavy atom. The predicted octanol–water partition coefficient (Wildman–Crippen LogP) is 1.52. The number of nitrogens with one attached hydrogen (secondary N) is 1. The van der Waals surface area contributed by atoms with Gasteiger partial charge in [-0.1, -0.05) is 20.8 Å². The summed E-state index contributed by atoms with van der Waals surface area (Å²) in [5.41, 5.74) is -0.327. The zero-order valence-corrected chi connectivity index (χ0v) is 8.46. The summed E-state index contributed by atoms with van der Waals surface area (Å²) in [5.74, 6) is 0.603. The van der Waals surface area contributed by atoms with E-state index in [0.717, 1.165) is 0 Å². The number of carbonyl (C=O) groups excluding carboxylic acids is 1. The summed E-state index contributed by atoms with van der Waals surface area (Å²) in [6, 6.07) is 0. The molecule has 72 valence electrons. The molecule has 0 radical (unpaired) electrons. The third kappa shape index (κ3) is 2.14. The normalized spacial score (nSPS) is 14.2. The van der Waals surface area contributed by atoms with Crippen LogP contribution in [0.25, 0.3) is 0 Å². The van der Waals surface area contributed by atoms with E-state index in [1.165, 1.54) is 6.33 Å². The summed E-state index contributed by atoms with van der Waals surface area (Å²) in [5, 5.41) is 6.43. The molecule has 1 heterocycles. The van der Waals surface area contributed by atoms with Crippen molar-refractivity contribution in [3.05, 3.63) is 12.2 Å². The Morgan fingerprint density at radius 3 is 2.54 bits per heavy atom. The molecule has 1 rings (SSSR count). The van der Waals surface area contributed by atoms with Crippen LogP contribution < -0.4 is 0 Å². The molecule has 0 saturated heterocycles. The Labute approximate surface area is 77.8 Å². The van der Waals surface area contributed by atoms with E-state index in [1.54, 1.807) is 0 Å². The van der Waals surface area contributed by atoms with Crippen LogP contribution in [0, 0.1) is 5.41 Å². The molecule has 0 aliphatic heterocycles. The molecule has 1 N–H and O–H groups in total. The van der Waals surface area contributed by atoms with Crippen molar-refractivity contribution in [3.63, 3.8) is 0 Å². The van der Waals surface area contributed by atoms with E-state index in [4.69, 9.17) is 0 Å². The van der Waals surface area contributed by atoms with Crippen molar-refractivity contribution in [2.24, 2.45) is 5.41 Å². The van der Waals surface area contributed by atoms with Gasteiger partial charge in [0.1, 0.15) is 17.9 Å². The maximum absolute atomic E-state index is 11.8. The quantitative estimate of drug-likeness (QED) is 0.752. The molecular weight excluding hydrogens is 166 g/mol. The minimum Gasteiger partial charge on any atom is -0.298 e. The lowest BCUT2D eigenvalue weighted by Crippen LogP contribution is -2.26. The van der Waals surface area contributed by atoms with Crippen molar-refractivity contribution < 1.29 is 4.79 Å². The third-order valence-electron chi connectivity index (χ3n) is 1.98. The van der Waals surface area contributed by atoms with Crippen LogP contribution in [-0.2, 0) is 4.79 Å². The van der Waals surface area contributed by atoms with Crippen molar-refractivity contribution in [2.45, 2.75) is 33.6 Å². The van der Waals surface area contributed by atoms with E-state index in [0.29, 0.717) is 5.82 Å². The number of ketones is 1. The first kappa shape index (κ1) is 9.89. The molecule has 0 amide bonds. The highest BCUT2D eigenvalue weighted by atomic mass is 16.1. The highest BCUT2D eigenvalue weighted by Gasteiger charge is 2.28. The third-order valence-corrected chi connectivity index (χ3v) is 1.98. The van der Waals surface area contributed by atoms with Crippen molar-refractivity contribution >= 4 is 5.78 Å². The summed E-state index contributed by atoms with van der Waals surface area (Å²) in [7, 11) is 0. The van der Waals surface area contributed by atoms with Crippen LogP contribution in [0.5, 0.6) is 0 Å². The minimum absolute atomic E-state index is 0.171. The van der Waals surface area contributed by atoms with Crippen molar-refractivity contribution in [1.29, 1.82) is 0 Å². The molecule has 4 nitrogen and oxygen atoms in total. The van der Waals surface area contributed by atoms with Crippen LogP contribution >= 0.6 is 0 Å². The number of Topliss-reactive ketones (excluding diaryl/α,β-unsaturated/α-hetero) is 1. The van der Waals surface area contributed by atoms with E-state index >= 15 is 0 Å². The fourth-order valence-corrected chi connectivity index (χ4v) is 1.20. The Bertz CT molecular complexity index is 284. The standard InChI is InChI=1S/C9H15N3O/c1-6(7(13)9(2,3)4)8-10-5-11-12-8/h5-6H,1-4H3,(H,10,11,12). The second kappa shape index (κ2) is 3.28. The zero-order chi connectivity index (χ0) is 10.1. The molecule has 1 atom stereocenters. The zero-order valence-electron chi connectivity index (χ0n) is 8.46. The maximum Gasteiger partial charge on any atom is 0.148 e. The van der Waals surface area contributed by atoms with Gasteiger partial charge in [-0.05, 0) is 6.92 Å². The first-order valence-corrected chi connectivity index (χ1v) is 4.32. The average Bonchev–Trinajstić information content (AvgIpc) is 2.51. The molecule has 0 fully saturated rings. The first-order valence-electron chi connectivity index (χ1n) is 4.32. The molecule has 0 aromatic carbocycles. The summed E-state index contributed by atoms with van der Waals surface area (Å²) in [4.78, 5) is 15.7. The Balaban J connectivity index is 2.81. The predicted molar refractivity (Wildman–Crippen MR) is 49.3 cm³/mol. The molecule has 1 aromatic rings. The molecule has 4 heteroatoms. The molecule has 13 heavy (non-hydrogen) atoms. The lowest BCUT2D eigenvalue weighted by atomic mass is 9.83. The van der Waals surface area contributed by atoms with E-state index in [9.17, 15) is 4.79 Å². The van der Waals surface area contributed by atoms with Crippen LogP contribution in [-0.4, -0.2) is 21.0 Å². The summed E-state index contributed by atoms with van der Waals surface area (Å²) >= 11 is 0. The topological polar surface area (TPSA) is 58.6 Å². The van der Waals surface area contributed by atoms with Gasteiger partial charge in [0.05, 0.1) is 5.92 Å². The molecule has 0 bridgehead atoms. The van der Waals surface area contributed by atoms with Gasteiger partial charge >= 0.3 is 0 Å². The molecule has 1 unspecified atom stereocenters. The van der Waals surface area contributed by atoms with Crippen LogP contribution in [0.2, 0.25) is 0 Å². The summed E-state index contributed by atoms with van der Waals surface area (Å²) in [6.45, 7) is 7.56. The molecular formula is C9H15N3O. The van der Waals surface area contributed by atoms with Crippen molar-refractivity contribution in [3.8, 4) is 0 Å². The number of hydrogen-bond acceptors (Lipinski definition) is 3. The molecule has 0 saturated carbocycles. The number of H-pyrrole nitrogens is 1. The van der Waals surface area contributed by atoms with Gasteiger partial charge in [-0.3, -0.25) is 9.89 Å². The lowest BCUT2D eigenvalue weighted by Gasteiger charge is -2.20. The molecule has 0 spiro atoms. The van der Waals surface area contributed by atoms with Gasteiger partial charge in [0.25, 0.3) is 0 Å². The number of nitrogens with zero attached hydrogens (tertiary/aromatic N) is 2. The highest BCUT2D eigenvalue weighted by Crippen LogP contribution is 2.24. The number of aromatic amines is 1. The Hall–Kier alpha value is -1.19. The van der Waals surface area contributed by atoms with Crippen molar-refractivity contribution in [2.75, 3.05) is 0 Å². The Kier molecular flexibility index (Phi) is 2.50. The van der Waals surface area contributed by atoms with Crippen molar-refractivity contribution in [1.82, 2.24) is 15.2 Å². The number of aromatic nitrogens is 3. The van der Waals surface area contributed by atoms with Gasteiger partial charge in [0.2, 0.25) is 0 Å². The van der Waals surface area contributed by atoms with Crippen LogP contribution in [0.4, 0.5) is 0 Å². The van der Waals surface area contributed by atoms with Gasteiger partial charge in [-0.15, -0.1) is 0 Å². The second-order valence-corrected chi connectivity index (χ2v) is 4.21. The average molecular weight is 181 g/mol.